The number of rotatable bonds is 3. The maximum absolute atomic E-state index is 12.9. The van der Waals surface area contributed by atoms with Crippen molar-refractivity contribution in [2.75, 3.05) is 7.05 Å². The molecule has 0 radical (unpaired) electrons. The van der Waals surface area contributed by atoms with Gasteiger partial charge in [0.05, 0.1) is 0 Å². The van der Waals surface area contributed by atoms with Crippen molar-refractivity contribution < 1.29 is 9.18 Å². The summed E-state index contributed by atoms with van der Waals surface area (Å²) in [5.41, 5.74) is 0.176. The van der Waals surface area contributed by atoms with Crippen LogP contribution >= 0.6 is 0 Å². The highest BCUT2D eigenvalue weighted by Gasteiger charge is 2.33. The summed E-state index contributed by atoms with van der Waals surface area (Å²) in [7, 11) is 1.75. The fraction of sp³-hybridized carbons (Fsp3) is 0.500. The first-order valence-corrected chi connectivity index (χ1v) is 5.49. The van der Waals surface area contributed by atoms with E-state index >= 15 is 0 Å². The molecule has 1 fully saturated rings. The predicted octanol–water partition coefficient (Wildman–Crippen LogP) is 2.09. The molecule has 1 saturated carbocycles. The number of aromatic nitrogens is 1. The van der Waals surface area contributed by atoms with Crippen LogP contribution in [-0.2, 0) is 0 Å². The summed E-state index contributed by atoms with van der Waals surface area (Å²) in [6.45, 7) is 2.02. The van der Waals surface area contributed by atoms with Gasteiger partial charge < -0.3 is 4.90 Å². The monoisotopic (exact) mass is 222 g/mol. The summed E-state index contributed by atoms with van der Waals surface area (Å²) >= 11 is 0. The van der Waals surface area contributed by atoms with Crippen molar-refractivity contribution >= 4 is 5.91 Å². The highest BCUT2D eigenvalue weighted by molar-refractivity contribution is 5.92. The van der Waals surface area contributed by atoms with Gasteiger partial charge in [-0.05, 0) is 37.8 Å². The fourth-order valence-electron chi connectivity index (χ4n) is 1.79. The molecule has 1 aliphatic rings. The molecule has 16 heavy (non-hydrogen) atoms. The van der Waals surface area contributed by atoms with E-state index in [0.29, 0.717) is 5.92 Å². The number of hydrogen-bond acceptors (Lipinski definition) is 2. The largest absolute Gasteiger partial charge is 0.337 e. The lowest BCUT2D eigenvalue weighted by Crippen LogP contribution is -2.36. The van der Waals surface area contributed by atoms with Crippen LogP contribution in [0.1, 0.15) is 30.3 Å². The van der Waals surface area contributed by atoms with Gasteiger partial charge in [0.1, 0.15) is 5.69 Å². The van der Waals surface area contributed by atoms with E-state index in [9.17, 15) is 9.18 Å². The molecule has 1 amide bonds. The van der Waals surface area contributed by atoms with Crippen molar-refractivity contribution in [3.63, 3.8) is 0 Å². The Morgan fingerprint density at radius 1 is 1.56 bits per heavy atom. The van der Waals surface area contributed by atoms with Gasteiger partial charge in [0.25, 0.3) is 5.91 Å². The van der Waals surface area contributed by atoms with Crippen LogP contribution in [0.2, 0.25) is 0 Å². The van der Waals surface area contributed by atoms with E-state index in [0.717, 1.165) is 0 Å². The van der Waals surface area contributed by atoms with Crippen LogP contribution in [-0.4, -0.2) is 28.9 Å². The Kier molecular flexibility index (Phi) is 2.90. The van der Waals surface area contributed by atoms with Crippen LogP contribution in [0.4, 0.5) is 4.39 Å². The molecule has 86 valence electrons. The van der Waals surface area contributed by atoms with Crippen LogP contribution in [0.25, 0.3) is 0 Å². The van der Waals surface area contributed by atoms with E-state index < -0.39 is 5.95 Å². The molecular weight excluding hydrogens is 207 g/mol. The normalized spacial score (nSPS) is 16.9. The quantitative estimate of drug-likeness (QED) is 0.734. The topological polar surface area (TPSA) is 33.2 Å². The molecule has 1 aliphatic carbocycles. The van der Waals surface area contributed by atoms with Crippen molar-refractivity contribution in [3.05, 3.63) is 29.8 Å². The minimum Gasteiger partial charge on any atom is -0.337 e. The minimum absolute atomic E-state index is 0.176. The summed E-state index contributed by atoms with van der Waals surface area (Å²) in [4.78, 5) is 17.2. The Morgan fingerprint density at radius 2 is 2.25 bits per heavy atom. The van der Waals surface area contributed by atoms with Gasteiger partial charge in [-0.25, -0.2) is 4.98 Å². The van der Waals surface area contributed by atoms with Gasteiger partial charge in [-0.15, -0.1) is 0 Å². The van der Waals surface area contributed by atoms with Crippen molar-refractivity contribution in [1.29, 1.82) is 0 Å². The van der Waals surface area contributed by atoms with Gasteiger partial charge in [0.2, 0.25) is 5.95 Å². The molecule has 0 saturated heterocycles. The number of hydrogen-bond donors (Lipinski definition) is 0. The van der Waals surface area contributed by atoms with E-state index in [1.165, 1.54) is 25.0 Å². The van der Waals surface area contributed by atoms with Crippen LogP contribution in [0.3, 0.4) is 0 Å². The summed E-state index contributed by atoms with van der Waals surface area (Å²) in [5, 5.41) is 0. The van der Waals surface area contributed by atoms with Gasteiger partial charge in [-0.1, -0.05) is 6.07 Å². The van der Waals surface area contributed by atoms with Crippen LogP contribution in [0.5, 0.6) is 0 Å². The summed E-state index contributed by atoms with van der Waals surface area (Å²) < 4.78 is 12.9. The highest BCUT2D eigenvalue weighted by atomic mass is 19.1. The standard InChI is InChI=1S/C12H15FN2O/c1-8(9-6-7-9)15(2)12(16)10-4-3-5-11(13)14-10/h3-5,8-9H,6-7H2,1-2H3. The molecule has 1 aromatic heterocycles. The lowest BCUT2D eigenvalue weighted by Gasteiger charge is -2.24. The zero-order chi connectivity index (χ0) is 11.7. The molecule has 0 spiro atoms. The van der Waals surface area contributed by atoms with E-state index in [4.69, 9.17) is 0 Å². The molecule has 4 heteroatoms. The average molecular weight is 222 g/mol. The first-order chi connectivity index (χ1) is 7.59. The molecule has 0 aromatic carbocycles. The Labute approximate surface area is 94.3 Å². The number of halogens is 1. The Balaban J connectivity index is 2.11. The van der Waals surface area contributed by atoms with E-state index in [2.05, 4.69) is 4.98 Å². The zero-order valence-corrected chi connectivity index (χ0v) is 9.48. The first kappa shape index (κ1) is 11.0. The lowest BCUT2D eigenvalue weighted by atomic mass is 10.2. The zero-order valence-electron chi connectivity index (χ0n) is 9.48. The third-order valence-electron chi connectivity index (χ3n) is 3.17. The number of pyridine rings is 1. The molecule has 0 N–H and O–H groups in total. The third kappa shape index (κ3) is 2.21. The SMILES string of the molecule is CC(C1CC1)N(C)C(=O)c1cccc(F)n1. The second kappa shape index (κ2) is 4.20. The molecule has 0 bridgehead atoms. The van der Waals surface area contributed by atoms with E-state index in [1.807, 2.05) is 6.92 Å². The third-order valence-corrected chi connectivity index (χ3v) is 3.17. The van der Waals surface area contributed by atoms with Gasteiger partial charge in [0, 0.05) is 13.1 Å². The molecular formula is C12H15FN2O. The van der Waals surface area contributed by atoms with E-state index in [-0.39, 0.29) is 17.6 Å². The van der Waals surface area contributed by atoms with Gasteiger partial charge in [-0.2, -0.15) is 4.39 Å². The predicted molar refractivity (Wildman–Crippen MR) is 58.5 cm³/mol. The molecule has 1 unspecified atom stereocenters. The summed E-state index contributed by atoms with van der Waals surface area (Å²) in [5.74, 6) is -0.222. The number of carbonyl (C=O) groups is 1. The highest BCUT2D eigenvalue weighted by Crippen LogP contribution is 2.34. The van der Waals surface area contributed by atoms with Crippen LogP contribution in [0.15, 0.2) is 18.2 Å². The summed E-state index contributed by atoms with van der Waals surface area (Å²) in [6, 6.07) is 4.49. The molecule has 0 aliphatic heterocycles. The van der Waals surface area contributed by atoms with Gasteiger partial charge >= 0.3 is 0 Å². The Hall–Kier alpha value is -1.45. The van der Waals surface area contributed by atoms with Crippen molar-refractivity contribution in [2.45, 2.75) is 25.8 Å². The Bertz CT molecular complexity index is 404. The van der Waals surface area contributed by atoms with Crippen molar-refractivity contribution in [2.24, 2.45) is 5.92 Å². The second-order valence-corrected chi connectivity index (χ2v) is 4.34. The van der Waals surface area contributed by atoms with Gasteiger partial charge in [-0.3, -0.25) is 4.79 Å². The molecule has 1 aromatic rings. The van der Waals surface area contributed by atoms with Gasteiger partial charge in [0.15, 0.2) is 0 Å². The smallest absolute Gasteiger partial charge is 0.272 e. The second-order valence-electron chi connectivity index (χ2n) is 4.34. The number of nitrogens with zero attached hydrogens (tertiary/aromatic N) is 2. The maximum Gasteiger partial charge on any atom is 0.272 e. The fourth-order valence-corrected chi connectivity index (χ4v) is 1.79. The lowest BCUT2D eigenvalue weighted by molar-refractivity contribution is 0.0720. The number of carbonyl (C=O) groups excluding carboxylic acids is 1. The first-order valence-electron chi connectivity index (χ1n) is 5.49. The van der Waals surface area contributed by atoms with Crippen molar-refractivity contribution in [1.82, 2.24) is 9.88 Å². The van der Waals surface area contributed by atoms with E-state index in [1.54, 1.807) is 18.0 Å². The Morgan fingerprint density at radius 3 is 2.81 bits per heavy atom. The maximum atomic E-state index is 12.9. The molecule has 2 rings (SSSR count). The molecule has 1 atom stereocenters. The van der Waals surface area contributed by atoms with Crippen LogP contribution < -0.4 is 0 Å². The van der Waals surface area contributed by atoms with Crippen molar-refractivity contribution in [3.8, 4) is 0 Å². The minimum atomic E-state index is -0.613. The molecule has 1 heterocycles. The average Bonchev–Trinajstić information content (AvgIpc) is 3.10. The summed E-state index contributed by atoms with van der Waals surface area (Å²) in [6.07, 6.45) is 2.35. The molecule has 3 nitrogen and oxygen atoms in total. The number of amides is 1. The van der Waals surface area contributed by atoms with Crippen LogP contribution in [0, 0.1) is 11.9 Å².